The average molecular weight is 209 g/mol. The Morgan fingerprint density at radius 2 is 2.36 bits per heavy atom. The van der Waals surface area contributed by atoms with Crippen molar-refractivity contribution in [3.8, 4) is 0 Å². The van der Waals surface area contributed by atoms with Gasteiger partial charge in [-0.15, -0.1) is 17.9 Å². The normalized spacial score (nSPS) is 12.8. The molecule has 1 heterocycles. The van der Waals surface area contributed by atoms with Gasteiger partial charge in [-0.3, -0.25) is 0 Å². The second kappa shape index (κ2) is 5.32. The number of thiophene rings is 1. The predicted octanol–water partition coefficient (Wildman–Crippen LogP) is 3.67. The molecule has 0 aromatic carbocycles. The van der Waals surface area contributed by atoms with Gasteiger partial charge in [0, 0.05) is 10.9 Å². The van der Waals surface area contributed by atoms with Crippen LogP contribution in [-0.4, -0.2) is 7.05 Å². The van der Waals surface area contributed by atoms with Crippen LogP contribution in [0, 0.1) is 6.92 Å². The summed E-state index contributed by atoms with van der Waals surface area (Å²) in [4.78, 5) is 1.47. The third-order valence-electron chi connectivity index (χ3n) is 2.43. The molecule has 0 aliphatic carbocycles. The molecule has 1 nitrogen and oxygen atoms in total. The molecule has 0 saturated carbocycles. The summed E-state index contributed by atoms with van der Waals surface area (Å²) < 4.78 is 0. The molecular weight excluding hydrogens is 190 g/mol. The molecular formula is C12H19NS. The summed E-state index contributed by atoms with van der Waals surface area (Å²) in [6.45, 7) is 8.21. The second-order valence-electron chi connectivity index (χ2n) is 3.80. The SMILES string of the molecule is C=C(C)CCC(NC)c1sccc1C. The lowest BCUT2D eigenvalue weighted by Crippen LogP contribution is -2.15. The first-order valence-electron chi connectivity index (χ1n) is 5.00. The van der Waals surface area contributed by atoms with Crippen LogP contribution in [0.25, 0.3) is 0 Å². The minimum absolute atomic E-state index is 0.492. The first kappa shape index (κ1) is 11.5. The number of allylic oxidation sites excluding steroid dienone is 1. The van der Waals surface area contributed by atoms with Crippen molar-refractivity contribution in [1.29, 1.82) is 0 Å². The first-order chi connectivity index (χ1) is 6.65. The molecule has 78 valence electrons. The van der Waals surface area contributed by atoms with E-state index < -0.39 is 0 Å². The van der Waals surface area contributed by atoms with E-state index in [2.05, 4.69) is 37.2 Å². The van der Waals surface area contributed by atoms with Gasteiger partial charge in [-0.1, -0.05) is 5.57 Å². The van der Waals surface area contributed by atoms with Crippen LogP contribution < -0.4 is 5.32 Å². The highest BCUT2D eigenvalue weighted by Crippen LogP contribution is 2.27. The fourth-order valence-corrected chi connectivity index (χ4v) is 2.61. The Bertz CT molecular complexity index is 301. The Kier molecular flexibility index (Phi) is 4.36. The lowest BCUT2D eigenvalue weighted by molar-refractivity contribution is 0.555. The van der Waals surface area contributed by atoms with Crippen molar-refractivity contribution in [2.45, 2.75) is 32.7 Å². The molecule has 1 aromatic rings. The van der Waals surface area contributed by atoms with Gasteiger partial charge in [0.1, 0.15) is 0 Å². The molecule has 0 amide bonds. The number of aryl methyl sites for hydroxylation is 1. The molecule has 14 heavy (non-hydrogen) atoms. The Hall–Kier alpha value is -0.600. The van der Waals surface area contributed by atoms with Crippen molar-refractivity contribution in [2.24, 2.45) is 0 Å². The summed E-state index contributed by atoms with van der Waals surface area (Å²) in [6, 6.07) is 2.68. The van der Waals surface area contributed by atoms with E-state index >= 15 is 0 Å². The molecule has 0 aliphatic rings. The number of hydrogen-bond acceptors (Lipinski definition) is 2. The van der Waals surface area contributed by atoms with Crippen LogP contribution in [0.2, 0.25) is 0 Å². The van der Waals surface area contributed by atoms with Crippen LogP contribution in [0.5, 0.6) is 0 Å². The van der Waals surface area contributed by atoms with Crippen LogP contribution in [0.4, 0.5) is 0 Å². The van der Waals surface area contributed by atoms with Crippen LogP contribution in [0.15, 0.2) is 23.6 Å². The minimum atomic E-state index is 0.492. The zero-order valence-electron chi connectivity index (χ0n) is 9.26. The van der Waals surface area contributed by atoms with Crippen molar-refractivity contribution in [1.82, 2.24) is 5.32 Å². The molecule has 0 fully saturated rings. The van der Waals surface area contributed by atoms with E-state index in [1.165, 1.54) is 16.0 Å². The zero-order chi connectivity index (χ0) is 10.6. The predicted molar refractivity (Wildman–Crippen MR) is 64.9 cm³/mol. The van der Waals surface area contributed by atoms with Crippen LogP contribution in [0.3, 0.4) is 0 Å². The highest BCUT2D eigenvalue weighted by Gasteiger charge is 2.12. The van der Waals surface area contributed by atoms with Crippen molar-refractivity contribution >= 4 is 11.3 Å². The van der Waals surface area contributed by atoms with Gasteiger partial charge in [-0.05, 0) is 50.7 Å². The topological polar surface area (TPSA) is 12.0 Å². The maximum atomic E-state index is 3.94. The summed E-state index contributed by atoms with van der Waals surface area (Å²) in [6.07, 6.45) is 2.25. The third kappa shape index (κ3) is 2.96. The Morgan fingerprint density at radius 3 is 2.79 bits per heavy atom. The van der Waals surface area contributed by atoms with Gasteiger partial charge < -0.3 is 5.32 Å². The van der Waals surface area contributed by atoms with Crippen molar-refractivity contribution in [3.05, 3.63) is 34.0 Å². The number of rotatable bonds is 5. The van der Waals surface area contributed by atoms with Gasteiger partial charge in [0.15, 0.2) is 0 Å². The Balaban J connectivity index is 2.63. The monoisotopic (exact) mass is 209 g/mol. The molecule has 0 aliphatic heterocycles. The van der Waals surface area contributed by atoms with Gasteiger partial charge in [-0.2, -0.15) is 0 Å². The van der Waals surface area contributed by atoms with E-state index in [0.717, 1.165) is 12.8 Å². The molecule has 0 saturated heterocycles. The van der Waals surface area contributed by atoms with E-state index in [1.54, 1.807) is 0 Å². The lowest BCUT2D eigenvalue weighted by Gasteiger charge is -2.15. The Morgan fingerprint density at radius 1 is 1.64 bits per heavy atom. The molecule has 1 atom stereocenters. The summed E-state index contributed by atoms with van der Waals surface area (Å²) in [5.41, 5.74) is 2.66. The van der Waals surface area contributed by atoms with Gasteiger partial charge in [0.25, 0.3) is 0 Å². The molecule has 1 aromatic heterocycles. The summed E-state index contributed by atoms with van der Waals surface area (Å²) in [7, 11) is 2.03. The van der Waals surface area contributed by atoms with Crippen LogP contribution in [-0.2, 0) is 0 Å². The maximum absolute atomic E-state index is 3.94. The summed E-state index contributed by atoms with van der Waals surface area (Å²) in [5.74, 6) is 0. The van der Waals surface area contributed by atoms with E-state index in [0.29, 0.717) is 6.04 Å². The van der Waals surface area contributed by atoms with E-state index in [-0.39, 0.29) is 0 Å². The molecule has 2 heteroatoms. The zero-order valence-corrected chi connectivity index (χ0v) is 10.1. The summed E-state index contributed by atoms with van der Waals surface area (Å²) in [5, 5.41) is 5.53. The average Bonchev–Trinajstić information content (AvgIpc) is 2.53. The molecule has 1 unspecified atom stereocenters. The number of hydrogen-bond donors (Lipinski definition) is 1. The highest BCUT2D eigenvalue weighted by molar-refractivity contribution is 7.10. The van der Waals surface area contributed by atoms with Gasteiger partial charge in [0.05, 0.1) is 0 Å². The Labute approximate surface area is 90.9 Å². The van der Waals surface area contributed by atoms with Crippen molar-refractivity contribution in [3.63, 3.8) is 0 Å². The second-order valence-corrected chi connectivity index (χ2v) is 4.75. The summed E-state index contributed by atoms with van der Waals surface area (Å²) >= 11 is 1.84. The van der Waals surface area contributed by atoms with E-state index in [1.807, 2.05) is 18.4 Å². The third-order valence-corrected chi connectivity index (χ3v) is 3.56. The first-order valence-corrected chi connectivity index (χ1v) is 5.88. The van der Waals surface area contributed by atoms with E-state index in [9.17, 15) is 0 Å². The molecule has 1 rings (SSSR count). The quantitative estimate of drug-likeness (QED) is 0.730. The largest absolute Gasteiger partial charge is 0.312 e. The maximum Gasteiger partial charge on any atom is 0.0418 e. The van der Waals surface area contributed by atoms with Crippen molar-refractivity contribution < 1.29 is 0 Å². The lowest BCUT2D eigenvalue weighted by atomic mass is 10.0. The highest BCUT2D eigenvalue weighted by atomic mass is 32.1. The standard InChI is InChI=1S/C12H19NS/c1-9(2)5-6-11(13-4)12-10(3)7-8-14-12/h7-8,11,13H,1,5-6H2,2-4H3. The molecule has 1 N–H and O–H groups in total. The smallest absolute Gasteiger partial charge is 0.0418 e. The fourth-order valence-electron chi connectivity index (χ4n) is 1.54. The van der Waals surface area contributed by atoms with Gasteiger partial charge in [-0.25, -0.2) is 0 Å². The minimum Gasteiger partial charge on any atom is -0.312 e. The van der Waals surface area contributed by atoms with Crippen LogP contribution in [0.1, 0.15) is 36.2 Å². The van der Waals surface area contributed by atoms with Crippen molar-refractivity contribution in [2.75, 3.05) is 7.05 Å². The van der Waals surface area contributed by atoms with E-state index in [4.69, 9.17) is 0 Å². The molecule has 0 spiro atoms. The molecule has 0 radical (unpaired) electrons. The molecule has 0 bridgehead atoms. The fraction of sp³-hybridized carbons (Fsp3) is 0.500. The van der Waals surface area contributed by atoms with Gasteiger partial charge in [0.2, 0.25) is 0 Å². The van der Waals surface area contributed by atoms with Gasteiger partial charge >= 0.3 is 0 Å². The van der Waals surface area contributed by atoms with Crippen LogP contribution >= 0.6 is 11.3 Å². The number of nitrogens with one attached hydrogen (secondary N) is 1.